The summed E-state index contributed by atoms with van der Waals surface area (Å²) in [5.74, 6) is 0.570. The Balaban J connectivity index is 2.15. The van der Waals surface area contributed by atoms with Gasteiger partial charge in [0.25, 0.3) is 0 Å². The molecule has 1 heterocycles. The predicted molar refractivity (Wildman–Crippen MR) is 79.6 cm³/mol. The van der Waals surface area contributed by atoms with Crippen molar-refractivity contribution in [3.63, 3.8) is 0 Å². The largest absolute Gasteiger partial charge is 0.462 e. The highest BCUT2D eigenvalue weighted by Gasteiger charge is 2.47. The third-order valence-electron chi connectivity index (χ3n) is 3.62. The van der Waals surface area contributed by atoms with Crippen LogP contribution in [0.5, 0.6) is 5.75 Å². The van der Waals surface area contributed by atoms with Crippen LogP contribution in [0.4, 0.5) is 5.69 Å². The molecular weight excluding hydrogens is 290 g/mol. The highest BCUT2D eigenvalue weighted by atomic mass is 16.7. The summed E-state index contributed by atoms with van der Waals surface area (Å²) in [7, 11) is 4.55. The number of nitrogen functional groups attached to an aromatic ring is 1. The molecule has 3 N–H and O–H groups in total. The first-order chi connectivity index (χ1) is 10.6. The van der Waals surface area contributed by atoms with Crippen molar-refractivity contribution >= 4 is 5.69 Å². The van der Waals surface area contributed by atoms with E-state index >= 15 is 0 Å². The lowest BCUT2D eigenvalue weighted by Crippen LogP contribution is -2.61. The van der Waals surface area contributed by atoms with Crippen molar-refractivity contribution in [1.82, 2.24) is 0 Å². The van der Waals surface area contributed by atoms with Crippen LogP contribution in [0.2, 0.25) is 0 Å². The van der Waals surface area contributed by atoms with Crippen LogP contribution in [0.25, 0.3) is 0 Å². The maximum absolute atomic E-state index is 10.4. The summed E-state index contributed by atoms with van der Waals surface area (Å²) in [5.41, 5.74) is 6.28. The lowest BCUT2D eigenvalue weighted by molar-refractivity contribution is -0.288. The summed E-state index contributed by atoms with van der Waals surface area (Å²) in [6, 6.07) is 6.90. The number of ether oxygens (including phenoxy) is 5. The Morgan fingerprint density at radius 3 is 2.27 bits per heavy atom. The normalized spacial score (nSPS) is 31.9. The van der Waals surface area contributed by atoms with E-state index in [-0.39, 0.29) is 6.61 Å². The Morgan fingerprint density at radius 2 is 1.73 bits per heavy atom. The zero-order chi connectivity index (χ0) is 16.1. The number of methoxy groups -OCH3 is 3. The predicted octanol–water partition coefficient (Wildman–Crippen LogP) is 0.410. The molecule has 7 nitrogen and oxygen atoms in total. The van der Waals surface area contributed by atoms with E-state index < -0.39 is 30.7 Å². The monoisotopic (exact) mass is 313 g/mol. The number of aliphatic hydroxyl groups is 1. The van der Waals surface area contributed by atoms with E-state index in [0.717, 1.165) is 0 Å². The number of hydrogen-bond donors (Lipinski definition) is 2. The maximum atomic E-state index is 10.4. The minimum absolute atomic E-state index is 0.271. The summed E-state index contributed by atoms with van der Waals surface area (Å²) in [5, 5.41) is 10.4. The van der Waals surface area contributed by atoms with Gasteiger partial charge < -0.3 is 34.5 Å². The van der Waals surface area contributed by atoms with Gasteiger partial charge in [-0.25, -0.2) is 0 Å². The van der Waals surface area contributed by atoms with Crippen molar-refractivity contribution in [2.45, 2.75) is 30.7 Å². The number of nitrogens with two attached hydrogens (primary N) is 1. The second-order valence-corrected chi connectivity index (χ2v) is 5.08. The quantitative estimate of drug-likeness (QED) is 0.735. The Kier molecular flexibility index (Phi) is 5.98. The summed E-state index contributed by atoms with van der Waals surface area (Å²) in [6.07, 6.45) is -3.39. The second kappa shape index (κ2) is 7.75. The number of rotatable bonds is 6. The van der Waals surface area contributed by atoms with Crippen LogP contribution in [0.3, 0.4) is 0 Å². The van der Waals surface area contributed by atoms with E-state index in [1.807, 2.05) is 0 Å². The molecule has 22 heavy (non-hydrogen) atoms. The molecule has 0 aromatic heterocycles. The van der Waals surface area contributed by atoms with Gasteiger partial charge in [-0.1, -0.05) is 0 Å². The van der Waals surface area contributed by atoms with Gasteiger partial charge in [0.15, 0.2) is 0 Å². The number of hydrogen-bond acceptors (Lipinski definition) is 7. The van der Waals surface area contributed by atoms with E-state index in [4.69, 9.17) is 29.4 Å². The molecule has 0 spiro atoms. The van der Waals surface area contributed by atoms with Gasteiger partial charge in [0.2, 0.25) is 6.29 Å². The number of aliphatic hydroxyl groups excluding tert-OH is 1. The molecule has 0 aliphatic carbocycles. The SMILES string of the molecule is COC[C@H]1O[C@H](Oc2ccc(N)cc2)[C@H](OC)[C@@H](O)[C@H]1OC. The van der Waals surface area contributed by atoms with Gasteiger partial charge in [-0.2, -0.15) is 0 Å². The second-order valence-electron chi connectivity index (χ2n) is 5.08. The fourth-order valence-corrected chi connectivity index (χ4v) is 2.51. The molecule has 0 amide bonds. The van der Waals surface area contributed by atoms with Crippen LogP contribution < -0.4 is 10.5 Å². The van der Waals surface area contributed by atoms with Gasteiger partial charge in [-0.15, -0.1) is 0 Å². The fourth-order valence-electron chi connectivity index (χ4n) is 2.51. The summed E-state index contributed by atoms with van der Waals surface area (Å²) < 4.78 is 27.4. The molecule has 0 unspecified atom stereocenters. The van der Waals surface area contributed by atoms with E-state index in [9.17, 15) is 5.11 Å². The van der Waals surface area contributed by atoms with Gasteiger partial charge >= 0.3 is 0 Å². The first-order valence-corrected chi connectivity index (χ1v) is 7.01. The van der Waals surface area contributed by atoms with Crippen LogP contribution in [0.15, 0.2) is 24.3 Å². The molecule has 0 bridgehead atoms. The van der Waals surface area contributed by atoms with Gasteiger partial charge in [0.1, 0.15) is 30.2 Å². The molecule has 1 aliphatic rings. The first-order valence-electron chi connectivity index (χ1n) is 7.01. The summed E-state index contributed by atoms with van der Waals surface area (Å²) in [4.78, 5) is 0. The maximum Gasteiger partial charge on any atom is 0.229 e. The first kappa shape index (κ1) is 17.0. The van der Waals surface area contributed by atoms with Crippen LogP contribution in [-0.2, 0) is 18.9 Å². The minimum atomic E-state index is -0.900. The van der Waals surface area contributed by atoms with Gasteiger partial charge in [0, 0.05) is 27.0 Å². The smallest absolute Gasteiger partial charge is 0.229 e. The van der Waals surface area contributed by atoms with Crippen LogP contribution in [0, 0.1) is 0 Å². The third-order valence-corrected chi connectivity index (χ3v) is 3.62. The molecule has 124 valence electrons. The minimum Gasteiger partial charge on any atom is -0.462 e. The van der Waals surface area contributed by atoms with E-state index in [1.54, 1.807) is 31.4 Å². The third kappa shape index (κ3) is 3.68. The van der Waals surface area contributed by atoms with Crippen LogP contribution in [0.1, 0.15) is 0 Å². The number of anilines is 1. The number of benzene rings is 1. The summed E-state index contributed by atoms with van der Waals surface area (Å²) in [6.45, 7) is 0.271. The van der Waals surface area contributed by atoms with Crippen molar-refractivity contribution in [1.29, 1.82) is 0 Å². The Morgan fingerprint density at radius 1 is 1.09 bits per heavy atom. The lowest BCUT2D eigenvalue weighted by atomic mass is 9.99. The van der Waals surface area contributed by atoms with Crippen molar-refractivity contribution in [3.05, 3.63) is 24.3 Å². The zero-order valence-corrected chi connectivity index (χ0v) is 13.0. The Hall–Kier alpha value is -1.38. The van der Waals surface area contributed by atoms with Crippen LogP contribution in [-0.4, -0.2) is 63.7 Å². The molecular formula is C15H23NO6. The van der Waals surface area contributed by atoms with Gasteiger partial charge in [-0.3, -0.25) is 0 Å². The van der Waals surface area contributed by atoms with Crippen LogP contribution >= 0.6 is 0 Å². The topological polar surface area (TPSA) is 92.4 Å². The standard InChI is InChI=1S/C15H23NO6/c1-18-8-11-13(19-2)12(17)14(20-3)15(22-11)21-10-6-4-9(16)5-7-10/h4-7,11-15,17H,8,16H2,1-3H3/t11-,12+,13+,14-,15+/m1/s1. The molecule has 7 heteroatoms. The van der Waals surface area contributed by atoms with Crippen molar-refractivity contribution in [2.24, 2.45) is 0 Å². The molecule has 1 aromatic carbocycles. The lowest BCUT2D eigenvalue weighted by Gasteiger charge is -2.42. The van der Waals surface area contributed by atoms with Crippen molar-refractivity contribution < 1.29 is 28.8 Å². The van der Waals surface area contributed by atoms with Gasteiger partial charge in [-0.05, 0) is 24.3 Å². The molecule has 0 saturated carbocycles. The summed E-state index contributed by atoms with van der Waals surface area (Å²) >= 11 is 0. The molecule has 1 aromatic rings. The van der Waals surface area contributed by atoms with Crippen molar-refractivity contribution in [2.75, 3.05) is 33.7 Å². The van der Waals surface area contributed by atoms with Gasteiger partial charge in [0.05, 0.1) is 6.61 Å². The Labute approximate surface area is 129 Å². The fraction of sp³-hybridized carbons (Fsp3) is 0.600. The average molecular weight is 313 g/mol. The average Bonchev–Trinajstić information content (AvgIpc) is 2.50. The van der Waals surface area contributed by atoms with E-state index in [2.05, 4.69) is 0 Å². The van der Waals surface area contributed by atoms with Crippen molar-refractivity contribution in [3.8, 4) is 5.75 Å². The molecule has 1 aliphatic heterocycles. The molecule has 0 radical (unpaired) electrons. The molecule has 5 atom stereocenters. The zero-order valence-electron chi connectivity index (χ0n) is 13.0. The molecule has 2 rings (SSSR count). The van der Waals surface area contributed by atoms with E-state index in [1.165, 1.54) is 14.2 Å². The highest BCUT2D eigenvalue weighted by molar-refractivity contribution is 5.41. The molecule has 1 fully saturated rings. The Bertz CT molecular complexity index is 452. The van der Waals surface area contributed by atoms with E-state index in [0.29, 0.717) is 11.4 Å². The highest BCUT2D eigenvalue weighted by Crippen LogP contribution is 2.27. The molecule has 1 saturated heterocycles.